The number of amides is 1. The van der Waals surface area contributed by atoms with Gasteiger partial charge < -0.3 is 20.1 Å². The summed E-state index contributed by atoms with van der Waals surface area (Å²) in [5.74, 6) is 0.616. The van der Waals surface area contributed by atoms with Crippen molar-refractivity contribution in [3.8, 4) is 5.75 Å². The maximum atomic E-state index is 13.1. The minimum atomic E-state index is -0.602. The Morgan fingerprint density at radius 3 is 2.81 bits per heavy atom. The standard InChI is InChI=1S/C19H26FN3O3S/c1-5-8-21-17-23-15-7-6-14(9-16(15)27-17)25-12-13(10-20)11-22-18(24)26-19(2,3)4/h6-7,9-10H,5,8,11-12H2,1-4H3,(H,21,23)(H,22,24)/b13-10+. The number of nitrogens with one attached hydrogen (secondary N) is 2. The third-order valence-corrected chi connectivity index (χ3v) is 4.30. The van der Waals surface area contributed by atoms with Gasteiger partial charge in [0.1, 0.15) is 18.0 Å². The minimum absolute atomic E-state index is 0.0132. The Balaban J connectivity index is 1.89. The lowest BCUT2D eigenvalue weighted by Crippen LogP contribution is -2.34. The number of ether oxygens (including phenoxy) is 2. The third-order valence-electron chi connectivity index (χ3n) is 3.32. The van der Waals surface area contributed by atoms with Gasteiger partial charge in [-0.15, -0.1) is 0 Å². The highest BCUT2D eigenvalue weighted by molar-refractivity contribution is 7.22. The summed E-state index contributed by atoms with van der Waals surface area (Å²) < 4.78 is 24.8. The molecular formula is C19H26FN3O3S. The molecule has 1 amide bonds. The highest BCUT2D eigenvalue weighted by Gasteiger charge is 2.16. The van der Waals surface area contributed by atoms with Gasteiger partial charge in [0.2, 0.25) is 0 Å². The zero-order chi connectivity index (χ0) is 19.9. The number of carbonyl (C=O) groups is 1. The van der Waals surface area contributed by atoms with Gasteiger partial charge in [-0.3, -0.25) is 0 Å². The molecule has 0 aliphatic heterocycles. The van der Waals surface area contributed by atoms with Crippen LogP contribution in [0.4, 0.5) is 14.3 Å². The van der Waals surface area contributed by atoms with Crippen molar-refractivity contribution in [1.29, 1.82) is 0 Å². The molecule has 0 unspecified atom stereocenters. The Kier molecular flexibility index (Phi) is 7.41. The van der Waals surface area contributed by atoms with Crippen molar-refractivity contribution >= 4 is 32.8 Å². The van der Waals surface area contributed by atoms with Crippen molar-refractivity contribution in [2.75, 3.05) is 25.0 Å². The number of halogens is 1. The van der Waals surface area contributed by atoms with Gasteiger partial charge >= 0.3 is 6.09 Å². The number of fused-ring (bicyclic) bond motifs is 1. The van der Waals surface area contributed by atoms with Crippen LogP contribution >= 0.6 is 11.3 Å². The largest absolute Gasteiger partial charge is 0.489 e. The number of alkyl carbamates (subject to hydrolysis) is 1. The van der Waals surface area contributed by atoms with E-state index in [1.165, 1.54) is 0 Å². The molecule has 0 bridgehead atoms. The van der Waals surface area contributed by atoms with Crippen LogP contribution in [-0.2, 0) is 4.74 Å². The van der Waals surface area contributed by atoms with E-state index in [-0.39, 0.29) is 13.2 Å². The number of anilines is 1. The first-order valence-electron chi connectivity index (χ1n) is 8.83. The van der Waals surface area contributed by atoms with Crippen LogP contribution in [0.5, 0.6) is 5.75 Å². The summed E-state index contributed by atoms with van der Waals surface area (Å²) in [6.07, 6.45) is 0.870. The fourth-order valence-electron chi connectivity index (χ4n) is 2.10. The van der Waals surface area contributed by atoms with Crippen LogP contribution in [0.25, 0.3) is 10.2 Å². The topological polar surface area (TPSA) is 72.5 Å². The van der Waals surface area contributed by atoms with Crippen LogP contribution < -0.4 is 15.4 Å². The SMILES string of the molecule is CCCNc1nc2ccc(OC/C(=C/F)CNC(=O)OC(C)(C)C)cc2s1. The van der Waals surface area contributed by atoms with Crippen molar-refractivity contribution < 1.29 is 18.7 Å². The monoisotopic (exact) mass is 395 g/mol. The second kappa shape index (κ2) is 9.55. The normalized spacial score (nSPS) is 12.1. The lowest BCUT2D eigenvalue weighted by molar-refractivity contribution is 0.0531. The molecular weight excluding hydrogens is 369 g/mol. The van der Waals surface area contributed by atoms with Crippen molar-refractivity contribution in [2.45, 2.75) is 39.7 Å². The summed E-state index contributed by atoms with van der Waals surface area (Å²) in [5, 5.41) is 6.65. The molecule has 2 rings (SSSR count). The van der Waals surface area contributed by atoms with Gasteiger partial charge in [0.15, 0.2) is 5.13 Å². The second-order valence-electron chi connectivity index (χ2n) is 6.99. The average Bonchev–Trinajstić information content (AvgIpc) is 3.00. The van der Waals surface area contributed by atoms with Crippen LogP contribution in [-0.4, -0.2) is 36.4 Å². The van der Waals surface area contributed by atoms with Crippen LogP contribution in [0, 0.1) is 0 Å². The molecule has 1 heterocycles. The Morgan fingerprint density at radius 1 is 1.37 bits per heavy atom. The van der Waals surface area contributed by atoms with E-state index >= 15 is 0 Å². The number of thiazole rings is 1. The number of hydrogen-bond acceptors (Lipinski definition) is 6. The Hall–Kier alpha value is -2.35. The molecule has 148 valence electrons. The summed E-state index contributed by atoms with van der Waals surface area (Å²) in [7, 11) is 0. The molecule has 27 heavy (non-hydrogen) atoms. The van der Waals surface area contributed by atoms with Crippen molar-refractivity contribution in [3.05, 3.63) is 30.1 Å². The molecule has 8 heteroatoms. The molecule has 0 saturated carbocycles. The number of rotatable bonds is 8. The summed E-state index contributed by atoms with van der Waals surface area (Å²) in [6.45, 7) is 8.30. The van der Waals surface area contributed by atoms with Gasteiger partial charge in [0, 0.05) is 18.7 Å². The summed E-state index contributed by atoms with van der Waals surface area (Å²) in [5.41, 5.74) is 0.587. The van der Waals surface area contributed by atoms with Crippen molar-refractivity contribution in [1.82, 2.24) is 10.3 Å². The molecule has 0 fully saturated rings. The number of carbonyl (C=O) groups excluding carboxylic acids is 1. The van der Waals surface area contributed by atoms with Gasteiger partial charge in [-0.05, 0) is 45.4 Å². The zero-order valence-corrected chi connectivity index (χ0v) is 16.9. The highest BCUT2D eigenvalue weighted by Crippen LogP contribution is 2.29. The quantitative estimate of drug-likeness (QED) is 0.667. The molecule has 2 aromatic rings. The molecule has 0 saturated heterocycles. The van der Waals surface area contributed by atoms with Gasteiger partial charge in [0.05, 0.1) is 16.5 Å². The summed E-state index contributed by atoms with van der Waals surface area (Å²) in [6, 6.07) is 5.54. The third kappa shape index (κ3) is 7.05. The van der Waals surface area contributed by atoms with E-state index in [4.69, 9.17) is 9.47 Å². The molecule has 0 aliphatic carbocycles. The first-order chi connectivity index (χ1) is 12.8. The zero-order valence-electron chi connectivity index (χ0n) is 16.1. The van der Waals surface area contributed by atoms with E-state index in [2.05, 4.69) is 22.5 Å². The predicted molar refractivity (Wildman–Crippen MR) is 107 cm³/mol. The van der Waals surface area contributed by atoms with Gasteiger partial charge in [0.25, 0.3) is 0 Å². The van der Waals surface area contributed by atoms with Gasteiger partial charge in [-0.1, -0.05) is 18.3 Å². The van der Waals surface area contributed by atoms with Crippen LogP contribution in [0.15, 0.2) is 30.1 Å². The fraction of sp³-hybridized carbons (Fsp3) is 0.474. The second-order valence-corrected chi connectivity index (χ2v) is 8.02. The molecule has 1 aromatic heterocycles. The van der Waals surface area contributed by atoms with Crippen LogP contribution in [0.3, 0.4) is 0 Å². The van der Waals surface area contributed by atoms with Gasteiger partial charge in [-0.2, -0.15) is 0 Å². The number of aromatic nitrogens is 1. The van der Waals surface area contributed by atoms with E-state index < -0.39 is 11.7 Å². The van der Waals surface area contributed by atoms with Gasteiger partial charge in [-0.25, -0.2) is 14.2 Å². The van der Waals surface area contributed by atoms with E-state index in [0.29, 0.717) is 17.7 Å². The fourth-order valence-corrected chi connectivity index (χ4v) is 3.02. The average molecular weight is 396 g/mol. The van der Waals surface area contributed by atoms with E-state index in [1.54, 1.807) is 38.2 Å². The van der Waals surface area contributed by atoms with Crippen LogP contribution in [0.2, 0.25) is 0 Å². The molecule has 0 aliphatic rings. The Bertz CT molecular complexity index is 799. The molecule has 0 atom stereocenters. The lowest BCUT2D eigenvalue weighted by atomic mass is 10.2. The van der Waals surface area contributed by atoms with Crippen molar-refractivity contribution in [2.24, 2.45) is 0 Å². The maximum absolute atomic E-state index is 13.1. The predicted octanol–water partition coefficient (Wildman–Crippen LogP) is 4.88. The van der Waals surface area contributed by atoms with E-state index in [9.17, 15) is 9.18 Å². The lowest BCUT2D eigenvalue weighted by Gasteiger charge is -2.20. The van der Waals surface area contributed by atoms with Crippen molar-refractivity contribution in [3.63, 3.8) is 0 Å². The molecule has 0 spiro atoms. The minimum Gasteiger partial charge on any atom is -0.489 e. The summed E-state index contributed by atoms with van der Waals surface area (Å²) >= 11 is 1.55. The number of hydrogen-bond donors (Lipinski definition) is 2. The van der Waals surface area contributed by atoms with E-state index in [0.717, 1.165) is 28.3 Å². The smallest absolute Gasteiger partial charge is 0.407 e. The molecule has 6 nitrogen and oxygen atoms in total. The first-order valence-corrected chi connectivity index (χ1v) is 9.64. The summed E-state index contributed by atoms with van der Waals surface area (Å²) in [4.78, 5) is 16.1. The first kappa shape index (κ1) is 21.0. The molecule has 0 radical (unpaired) electrons. The van der Waals surface area contributed by atoms with E-state index in [1.807, 2.05) is 12.1 Å². The highest BCUT2D eigenvalue weighted by atomic mass is 32.1. The Labute approximate surface area is 162 Å². The number of nitrogens with zero attached hydrogens (tertiary/aromatic N) is 1. The van der Waals surface area contributed by atoms with Crippen LogP contribution in [0.1, 0.15) is 34.1 Å². The Morgan fingerprint density at radius 2 is 2.15 bits per heavy atom. The number of benzene rings is 1. The molecule has 2 N–H and O–H groups in total. The maximum Gasteiger partial charge on any atom is 0.407 e. The molecule has 1 aromatic carbocycles.